The maximum Gasteiger partial charge on any atom is 0.410 e. The molecule has 0 unspecified atom stereocenters. The first-order valence-electron chi connectivity index (χ1n) is 10.2. The predicted molar refractivity (Wildman–Crippen MR) is 112 cm³/mol. The Hall–Kier alpha value is -2.83. The number of benzene rings is 1. The van der Waals surface area contributed by atoms with Gasteiger partial charge < -0.3 is 15.0 Å². The Bertz CT molecular complexity index is 889. The lowest BCUT2D eigenvalue weighted by Crippen LogP contribution is -2.40. The van der Waals surface area contributed by atoms with Crippen LogP contribution in [0, 0.1) is 0 Å². The van der Waals surface area contributed by atoms with Crippen molar-refractivity contribution in [2.75, 3.05) is 11.9 Å². The Morgan fingerprint density at radius 2 is 1.86 bits per heavy atom. The topological polar surface area (TPSA) is 87.3 Å². The minimum atomic E-state index is -0.561. The van der Waals surface area contributed by atoms with Gasteiger partial charge in [-0.1, -0.05) is 32.0 Å². The highest BCUT2D eigenvalue weighted by Crippen LogP contribution is 2.26. The fraction of sp³-hybridized carbons (Fsp3) is 0.500. The highest BCUT2D eigenvalue weighted by Gasteiger charge is 2.30. The minimum Gasteiger partial charge on any atom is -0.444 e. The molecule has 2 amide bonds. The Morgan fingerprint density at radius 3 is 2.45 bits per heavy atom. The van der Waals surface area contributed by atoms with E-state index < -0.39 is 5.60 Å². The third-order valence-electron chi connectivity index (χ3n) is 5.04. The molecule has 0 bridgehead atoms. The lowest BCUT2D eigenvalue weighted by molar-refractivity contribution is 0.0222. The second kappa shape index (κ2) is 8.27. The van der Waals surface area contributed by atoms with Gasteiger partial charge in [-0.3, -0.25) is 9.89 Å². The van der Waals surface area contributed by atoms with Crippen LogP contribution in [-0.4, -0.2) is 39.2 Å². The second-order valence-corrected chi connectivity index (χ2v) is 8.29. The molecule has 2 heterocycles. The maximum atomic E-state index is 13.1. The summed E-state index contributed by atoms with van der Waals surface area (Å²) in [6.07, 6.45) is 1.89. The van der Waals surface area contributed by atoms with Gasteiger partial charge in [0.2, 0.25) is 0 Å². The van der Waals surface area contributed by atoms with E-state index >= 15 is 0 Å². The quantitative estimate of drug-likeness (QED) is 0.812. The first kappa shape index (κ1) is 20.9. The molecule has 0 radical (unpaired) electrons. The molecule has 2 aromatic rings. The number of rotatable bonds is 4. The zero-order chi connectivity index (χ0) is 21.2. The van der Waals surface area contributed by atoms with Crippen molar-refractivity contribution in [3.05, 3.63) is 46.3 Å². The molecule has 1 aliphatic heterocycles. The number of carbonyl (C=O) groups excluding carboxylic acids is 2. The average molecular weight is 399 g/mol. The van der Waals surface area contributed by atoms with Gasteiger partial charge in [-0.15, -0.1) is 0 Å². The van der Waals surface area contributed by atoms with Crippen molar-refractivity contribution in [1.82, 2.24) is 15.1 Å². The number of aryl methyl sites for hydroxylation is 2. The summed E-state index contributed by atoms with van der Waals surface area (Å²) in [7, 11) is 0. The normalized spacial score (nSPS) is 13.8. The smallest absolute Gasteiger partial charge is 0.410 e. The van der Waals surface area contributed by atoms with Crippen LogP contribution in [0.2, 0.25) is 0 Å². The molecular formula is C22H30N4O3. The van der Waals surface area contributed by atoms with Crippen molar-refractivity contribution >= 4 is 17.7 Å². The van der Waals surface area contributed by atoms with E-state index in [0.717, 1.165) is 40.9 Å². The van der Waals surface area contributed by atoms with E-state index in [0.29, 0.717) is 25.2 Å². The summed E-state index contributed by atoms with van der Waals surface area (Å²) in [6, 6.07) is 6.07. The molecule has 0 saturated carbocycles. The lowest BCUT2D eigenvalue weighted by Gasteiger charge is -2.30. The molecule has 29 heavy (non-hydrogen) atoms. The van der Waals surface area contributed by atoms with Gasteiger partial charge in [-0.2, -0.15) is 5.10 Å². The van der Waals surface area contributed by atoms with Crippen molar-refractivity contribution in [2.24, 2.45) is 0 Å². The molecule has 7 heteroatoms. The number of hydrogen-bond acceptors (Lipinski definition) is 4. The molecule has 7 nitrogen and oxygen atoms in total. The number of aromatic nitrogens is 2. The van der Waals surface area contributed by atoms with Gasteiger partial charge in [0.25, 0.3) is 5.91 Å². The van der Waals surface area contributed by atoms with Crippen LogP contribution in [0.15, 0.2) is 18.2 Å². The van der Waals surface area contributed by atoms with E-state index in [9.17, 15) is 9.59 Å². The number of H-pyrrole nitrogens is 1. The number of fused-ring (bicyclic) bond motifs is 1. The number of anilines is 1. The van der Waals surface area contributed by atoms with Crippen LogP contribution < -0.4 is 5.32 Å². The Morgan fingerprint density at radius 1 is 1.21 bits per heavy atom. The molecule has 1 aromatic heterocycles. The van der Waals surface area contributed by atoms with Crippen LogP contribution in [-0.2, 0) is 30.5 Å². The van der Waals surface area contributed by atoms with Crippen LogP contribution in [0.5, 0.6) is 0 Å². The van der Waals surface area contributed by atoms with Crippen LogP contribution in [0.4, 0.5) is 10.5 Å². The standard InChI is InChI=1S/C22H30N4O3/c1-6-14-9-8-10-15(7-2)18(14)23-20(27)19-16-13-26(12-11-17(16)24-25-19)21(28)29-22(3,4)5/h8-10H,6-7,11-13H2,1-5H3,(H,23,27)(H,24,25). The summed E-state index contributed by atoms with van der Waals surface area (Å²) in [5, 5.41) is 10.3. The van der Waals surface area contributed by atoms with Crippen molar-refractivity contribution < 1.29 is 14.3 Å². The van der Waals surface area contributed by atoms with Gasteiger partial charge >= 0.3 is 6.09 Å². The highest BCUT2D eigenvalue weighted by molar-refractivity contribution is 6.05. The van der Waals surface area contributed by atoms with Gasteiger partial charge in [0.05, 0.1) is 6.54 Å². The molecule has 0 spiro atoms. The van der Waals surface area contributed by atoms with Gasteiger partial charge in [0, 0.05) is 29.9 Å². The number of nitrogens with zero attached hydrogens (tertiary/aromatic N) is 2. The van der Waals surface area contributed by atoms with Gasteiger partial charge in [-0.25, -0.2) is 4.79 Å². The lowest BCUT2D eigenvalue weighted by atomic mass is 10.0. The fourth-order valence-corrected chi connectivity index (χ4v) is 3.54. The molecule has 0 aliphatic carbocycles. The van der Waals surface area contributed by atoms with E-state index in [-0.39, 0.29) is 12.0 Å². The van der Waals surface area contributed by atoms with Crippen LogP contribution in [0.3, 0.4) is 0 Å². The zero-order valence-corrected chi connectivity index (χ0v) is 17.9. The number of aromatic amines is 1. The first-order chi connectivity index (χ1) is 13.7. The number of carbonyl (C=O) groups is 2. The van der Waals surface area contributed by atoms with Gasteiger partial charge in [0.15, 0.2) is 5.69 Å². The minimum absolute atomic E-state index is 0.260. The van der Waals surface area contributed by atoms with E-state index in [4.69, 9.17) is 4.74 Å². The average Bonchev–Trinajstić information content (AvgIpc) is 3.10. The number of para-hydroxylation sites is 1. The molecule has 156 valence electrons. The number of nitrogens with one attached hydrogen (secondary N) is 2. The third-order valence-corrected chi connectivity index (χ3v) is 5.04. The van der Waals surface area contributed by atoms with E-state index in [1.165, 1.54) is 0 Å². The highest BCUT2D eigenvalue weighted by atomic mass is 16.6. The number of hydrogen-bond donors (Lipinski definition) is 2. The van der Waals surface area contributed by atoms with Crippen molar-refractivity contribution in [2.45, 2.75) is 66.0 Å². The summed E-state index contributed by atoms with van der Waals surface area (Å²) in [5.41, 5.74) is 4.48. The molecule has 1 aromatic carbocycles. The molecule has 1 aliphatic rings. The summed E-state index contributed by atoms with van der Waals surface area (Å²) in [5.74, 6) is -0.260. The van der Waals surface area contributed by atoms with E-state index in [1.807, 2.05) is 39.0 Å². The Kier molecular flexibility index (Phi) is 5.96. The van der Waals surface area contributed by atoms with Crippen molar-refractivity contribution in [1.29, 1.82) is 0 Å². The van der Waals surface area contributed by atoms with Crippen LogP contribution in [0.25, 0.3) is 0 Å². The molecule has 3 rings (SSSR count). The maximum absolute atomic E-state index is 13.1. The van der Waals surface area contributed by atoms with Crippen LogP contribution in [0.1, 0.15) is 67.5 Å². The Balaban J connectivity index is 1.82. The molecular weight excluding hydrogens is 368 g/mol. The van der Waals surface area contributed by atoms with Crippen molar-refractivity contribution in [3.8, 4) is 0 Å². The van der Waals surface area contributed by atoms with E-state index in [2.05, 4.69) is 29.4 Å². The molecule has 0 atom stereocenters. The van der Waals surface area contributed by atoms with Gasteiger partial charge in [0.1, 0.15) is 5.60 Å². The van der Waals surface area contributed by atoms with Gasteiger partial charge in [-0.05, 0) is 44.7 Å². The summed E-state index contributed by atoms with van der Waals surface area (Å²) >= 11 is 0. The first-order valence-corrected chi connectivity index (χ1v) is 10.2. The summed E-state index contributed by atoms with van der Waals surface area (Å²) < 4.78 is 5.48. The number of amides is 2. The predicted octanol–water partition coefficient (Wildman–Crippen LogP) is 4.08. The largest absolute Gasteiger partial charge is 0.444 e. The molecule has 0 fully saturated rings. The monoisotopic (exact) mass is 398 g/mol. The van der Waals surface area contributed by atoms with Crippen LogP contribution >= 0.6 is 0 Å². The number of ether oxygens (including phenoxy) is 1. The summed E-state index contributed by atoms with van der Waals surface area (Å²) in [6.45, 7) is 10.5. The summed E-state index contributed by atoms with van der Waals surface area (Å²) in [4.78, 5) is 27.1. The van der Waals surface area contributed by atoms with Crippen molar-refractivity contribution in [3.63, 3.8) is 0 Å². The zero-order valence-electron chi connectivity index (χ0n) is 17.9. The third kappa shape index (κ3) is 4.60. The fourth-order valence-electron chi connectivity index (χ4n) is 3.54. The molecule has 0 saturated heterocycles. The Labute approximate surface area is 171 Å². The van der Waals surface area contributed by atoms with E-state index in [1.54, 1.807) is 4.90 Å². The SMILES string of the molecule is CCc1cccc(CC)c1NC(=O)c1n[nH]c2c1CN(C(=O)OC(C)(C)C)CC2. The molecule has 2 N–H and O–H groups in total. The second-order valence-electron chi connectivity index (χ2n) is 8.29.